The zero-order valence-electron chi connectivity index (χ0n) is 10.6. The lowest BCUT2D eigenvalue weighted by atomic mass is 10.3. The minimum absolute atomic E-state index is 0.337. The van der Waals surface area contributed by atoms with Gasteiger partial charge in [-0.2, -0.15) is 5.10 Å². The van der Waals surface area contributed by atoms with Gasteiger partial charge in [0.1, 0.15) is 18.2 Å². The molecule has 0 aliphatic carbocycles. The average molecular weight is 392 g/mol. The molecule has 102 valence electrons. The van der Waals surface area contributed by atoms with E-state index in [-0.39, 0.29) is 5.82 Å². The Bertz CT molecular complexity index is 599. The summed E-state index contributed by atoms with van der Waals surface area (Å²) in [5.41, 5.74) is 1.92. The van der Waals surface area contributed by atoms with E-state index in [0.717, 1.165) is 22.3 Å². The maximum atomic E-state index is 13.4. The molecule has 2 rings (SSSR count). The first-order chi connectivity index (χ1) is 9.02. The summed E-state index contributed by atoms with van der Waals surface area (Å²) in [6.45, 7) is 2.38. The Morgan fingerprint density at radius 2 is 2.11 bits per heavy atom. The van der Waals surface area contributed by atoms with Gasteiger partial charge in [-0.25, -0.2) is 4.39 Å². The second kappa shape index (κ2) is 6.05. The predicted molar refractivity (Wildman–Crippen MR) is 78.7 cm³/mol. The molecule has 0 amide bonds. The number of ether oxygens (including phenoxy) is 1. The number of hydrogen-bond acceptors (Lipinski definition) is 2. The van der Waals surface area contributed by atoms with Crippen molar-refractivity contribution in [1.29, 1.82) is 0 Å². The number of hydrogen-bond donors (Lipinski definition) is 0. The standard InChI is InChI=1S/C13H13Br2FN2O/c1-3-11-13(15)12(18(2)17-11)7-19-8-4-5-9(14)10(16)6-8/h4-6H,3,7H2,1-2H3. The van der Waals surface area contributed by atoms with Gasteiger partial charge in [-0.3, -0.25) is 4.68 Å². The summed E-state index contributed by atoms with van der Waals surface area (Å²) in [7, 11) is 1.87. The van der Waals surface area contributed by atoms with E-state index in [9.17, 15) is 4.39 Å². The smallest absolute Gasteiger partial charge is 0.141 e. The van der Waals surface area contributed by atoms with Crippen molar-refractivity contribution in [2.75, 3.05) is 0 Å². The lowest BCUT2D eigenvalue weighted by Gasteiger charge is -2.07. The molecule has 0 aliphatic rings. The third-order valence-corrected chi connectivity index (χ3v) is 4.33. The van der Waals surface area contributed by atoms with Crippen molar-refractivity contribution in [2.24, 2.45) is 7.05 Å². The quantitative estimate of drug-likeness (QED) is 0.779. The zero-order valence-corrected chi connectivity index (χ0v) is 13.8. The van der Waals surface area contributed by atoms with Gasteiger partial charge in [-0.05, 0) is 50.4 Å². The van der Waals surface area contributed by atoms with E-state index < -0.39 is 0 Å². The zero-order chi connectivity index (χ0) is 14.0. The van der Waals surface area contributed by atoms with Gasteiger partial charge < -0.3 is 4.74 Å². The summed E-state index contributed by atoms with van der Waals surface area (Å²) in [5, 5.41) is 4.38. The van der Waals surface area contributed by atoms with Crippen LogP contribution >= 0.6 is 31.9 Å². The Labute approximate surface area is 128 Å². The van der Waals surface area contributed by atoms with Crippen LogP contribution in [0.15, 0.2) is 27.1 Å². The van der Waals surface area contributed by atoms with Gasteiger partial charge in [0, 0.05) is 13.1 Å². The molecule has 0 unspecified atom stereocenters. The van der Waals surface area contributed by atoms with Crippen LogP contribution in [-0.4, -0.2) is 9.78 Å². The number of rotatable bonds is 4. The highest BCUT2D eigenvalue weighted by molar-refractivity contribution is 9.10. The summed E-state index contributed by atoms with van der Waals surface area (Å²) in [5.74, 6) is 0.155. The van der Waals surface area contributed by atoms with Crippen molar-refractivity contribution in [1.82, 2.24) is 9.78 Å². The lowest BCUT2D eigenvalue weighted by Crippen LogP contribution is -2.03. The van der Waals surface area contributed by atoms with Crippen molar-refractivity contribution in [2.45, 2.75) is 20.0 Å². The van der Waals surface area contributed by atoms with Crippen molar-refractivity contribution in [3.05, 3.63) is 44.3 Å². The number of halogens is 3. The van der Waals surface area contributed by atoms with Gasteiger partial charge in [0.25, 0.3) is 0 Å². The van der Waals surface area contributed by atoms with Gasteiger partial charge >= 0.3 is 0 Å². The first kappa shape index (κ1) is 14.5. The van der Waals surface area contributed by atoms with Gasteiger partial charge in [-0.1, -0.05) is 6.92 Å². The molecule has 6 heteroatoms. The van der Waals surface area contributed by atoms with Crippen LogP contribution in [0.3, 0.4) is 0 Å². The van der Waals surface area contributed by atoms with Crippen molar-refractivity contribution in [3.8, 4) is 5.75 Å². The van der Waals surface area contributed by atoms with Crippen LogP contribution in [0.4, 0.5) is 4.39 Å². The van der Waals surface area contributed by atoms with Crippen molar-refractivity contribution < 1.29 is 9.13 Å². The molecule has 0 saturated heterocycles. The van der Waals surface area contributed by atoms with Crippen LogP contribution in [0.1, 0.15) is 18.3 Å². The molecule has 0 fully saturated rings. The minimum atomic E-state index is -0.337. The number of aryl methyl sites for hydroxylation is 2. The predicted octanol–water partition coefficient (Wildman–Crippen LogP) is 4.23. The third-order valence-electron chi connectivity index (χ3n) is 2.77. The van der Waals surface area contributed by atoms with Gasteiger partial charge in [0.15, 0.2) is 0 Å². The van der Waals surface area contributed by atoms with E-state index >= 15 is 0 Å². The molecule has 0 saturated carbocycles. The average Bonchev–Trinajstić information content (AvgIpc) is 2.66. The Kier molecular flexibility index (Phi) is 4.62. The van der Waals surface area contributed by atoms with Crippen LogP contribution in [0, 0.1) is 5.82 Å². The van der Waals surface area contributed by atoms with Gasteiger partial charge in [-0.15, -0.1) is 0 Å². The summed E-state index contributed by atoms with van der Waals surface area (Å²) >= 11 is 6.63. The first-order valence-electron chi connectivity index (χ1n) is 5.81. The van der Waals surface area contributed by atoms with Gasteiger partial charge in [0.2, 0.25) is 0 Å². The fraction of sp³-hybridized carbons (Fsp3) is 0.308. The summed E-state index contributed by atoms with van der Waals surface area (Å²) < 4.78 is 22.1. The van der Waals surface area contributed by atoms with Gasteiger partial charge in [0.05, 0.1) is 20.3 Å². The molecule has 0 atom stereocenters. The van der Waals surface area contributed by atoms with Crippen LogP contribution < -0.4 is 4.74 Å². The van der Waals surface area contributed by atoms with Crippen LogP contribution in [-0.2, 0) is 20.1 Å². The Balaban J connectivity index is 2.14. The Morgan fingerprint density at radius 3 is 2.68 bits per heavy atom. The van der Waals surface area contributed by atoms with E-state index in [1.54, 1.807) is 16.8 Å². The summed E-state index contributed by atoms with van der Waals surface area (Å²) in [6.07, 6.45) is 0.849. The highest BCUT2D eigenvalue weighted by atomic mass is 79.9. The monoisotopic (exact) mass is 390 g/mol. The molecular formula is C13H13Br2FN2O. The molecule has 3 nitrogen and oxygen atoms in total. The second-order valence-corrected chi connectivity index (χ2v) is 5.70. The van der Waals surface area contributed by atoms with Crippen LogP contribution in [0.2, 0.25) is 0 Å². The topological polar surface area (TPSA) is 27.1 Å². The molecular weight excluding hydrogens is 379 g/mol. The fourth-order valence-electron chi connectivity index (χ4n) is 1.69. The summed E-state index contributed by atoms with van der Waals surface area (Å²) in [4.78, 5) is 0. The first-order valence-corrected chi connectivity index (χ1v) is 7.39. The Morgan fingerprint density at radius 1 is 1.37 bits per heavy atom. The summed E-state index contributed by atoms with van der Waals surface area (Å²) in [6, 6.07) is 4.70. The molecule has 0 bridgehead atoms. The maximum Gasteiger partial charge on any atom is 0.141 e. The molecule has 1 aromatic carbocycles. The SMILES string of the molecule is CCc1nn(C)c(COc2ccc(Br)c(F)c2)c1Br. The molecule has 19 heavy (non-hydrogen) atoms. The maximum absolute atomic E-state index is 13.4. The normalized spacial score (nSPS) is 10.8. The third kappa shape index (κ3) is 3.17. The van der Waals surface area contributed by atoms with E-state index in [4.69, 9.17) is 4.74 Å². The van der Waals surface area contributed by atoms with E-state index in [2.05, 4.69) is 37.0 Å². The molecule has 0 radical (unpaired) electrons. The highest BCUT2D eigenvalue weighted by Crippen LogP contribution is 2.25. The number of benzene rings is 1. The van der Waals surface area contributed by atoms with E-state index in [0.29, 0.717) is 16.8 Å². The van der Waals surface area contributed by atoms with Crippen LogP contribution in [0.25, 0.3) is 0 Å². The van der Waals surface area contributed by atoms with E-state index in [1.165, 1.54) is 6.07 Å². The lowest BCUT2D eigenvalue weighted by molar-refractivity contribution is 0.292. The second-order valence-electron chi connectivity index (χ2n) is 4.05. The molecule has 0 aliphatic heterocycles. The highest BCUT2D eigenvalue weighted by Gasteiger charge is 2.13. The molecule has 1 aromatic heterocycles. The number of nitrogens with zero attached hydrogens (tertiary/aromatic N) is 2. The Hall–Kier alpha value is -0.880. The molecule has 0 N–H and O–H groups in total. The molecule has 0 spiro atoms. The largest absolute Gasteiger partial charge is 0.487 e. The number of aromatic nitrogens is 2. The van der Waals surface area contributed by atoms with Crippen LogP contribution in [0.5, 0.6) is 5.75 Å². The fourth-order valence-corrected chi connectivity index (χ4v) is 2.67. The molecule has 2 aromatic rings. The van der Waals surface area contributed by atoms with E-state index in [1.807, 2.05) is 14.0 Å². The van der Waals surface area contributed by atoms with Crippen molar-refractivity contribution >= 4 is 31.9 Å². The van der Waals surface area contributed by atoms with Crippen molar-refractivity contribution in [3.63, 3.8) is 0 Å². The molecule has 1 heterocycles. The minimum Gasteiger partial charge on any atom is -0.487 e.